The second-order valence-corrected chi connectivity index (χ2v) is 9.38. The van der Waals surface area contributed by atoms with Gasteiger partial charge in [-0.1, -0.05) is 29.4 Å². The molecule has 9 heteroatoms. The molecule has 5 rings (SSSR count). The summed E-state index contributed by atoms with van der Waals surface area (Å²) in [6.07, 6.45) is 5.38. The molecule has 2 atom stereocenters. The molecule has 3 aromatic rings. The summed E-state index contributed by atoms with van der Waals surface area (Å²) in [5.41, 5.74) is 3.75. The van der Waals surface area contributed by atoms with Crippen molar-refractivity contribution in [2.24, 2.45) is 0 Å². The van der Waals surface area contributed by atoms with Gasteiger partial charge in [0.2, 0.25) is 11.8 Å². The van der Waals surface area contributed by atoms with Crippen molar-refractivity contribution in [2.45, 2.75) is 50.9 Å². The Morgan fingerprint density at radius 2 is 1.31 bits per heavy atom. The van der Waals surface area contributed by atoms with Crippen LogP contribution < -0.4 is 26.2 Å². The van der Waals surface area contributed by atoms with Gasteiger partial charge >= 0.3 is 0 Å². The number of benzene rings is 2. The molecule has 188 valence electrons. The zero-order valence-electron chi connectivity index (χ0n) is 20.2. The van der Waals surface area contributed by atoms with Gasteiger partial charge in [0.05, 0.1) is 12.1 Å². The average Bonchev–Trinajstić information content (AvgIpc) is 3.69. The van der Waals surface area contributed by atoms with Crippen LogP contribution in [0.25, 0.3) is 0 Å². The van der Waals surface area contributed by atoms with Crippen LogP contribution in [0.3, 0.4) is 0 Å². The number of anilines is 3. The Bertz CT molecular complexity index is 1060. The van der Waals surface area contributed by atoms with Crippen molar-refractivity contribution in [3.63, 3.8) is 0 Å². The fourth-order valence-corrected chi connectivity index (χ4v) is 4.69. The predicted octanol–water partition coefficient (Wildman–Crippen LogP) is 3.26. The fourth-order valence-electron chi connectivity index (χ4n) is 4.69. The highest BCUT2D eigenvalue weighted by molar-refractivity contribution is 5.95. The van der Waals surface area contributed by atoms with Crippen molar-refractivity contribution in [1.29, 1.82) is 0 Å². The molecule has 2 aromatic carbocycles. The van der Waals surface area contributed by atoms with Gasteiger partial charge in [0.15, 0.2) is 5.82 Å². The Balaban J connectivity index is 1.20. The number of hydrogen-bond donors (Lipinski definition) is 4. The van der Waals surface area contributed by atoms with Crippen LogP contribution in [0.5, 0.6) is 0 Å². The smallest absolute Gasteiger partial charge is 0.241 e. The van der Waals surface area contributed by atoms with Gasteiger partial charge in [-0.3, -0.25) is 9.59 Å². The Labute approximate surface area is 210 Å². The number of aromatic nitrogens is 1. The first-order valence-corrected chi connectivity index (χ1v) is 12.6. The van der Waals surface area contributed by atoms with Gasteiger partial charge in [-0.05, 0) is 74.2 Å². The number of nitrogens with one attached hydrogen (secondary N) is 4. The molecule has 0 aliphatic carbocycles. The average molecular weight is 489 g/mol. The van der Waals surface area contributed by atoms with Gasteiger partial charge in [-0.15, -0.1) is 0 Å². The van der Waals surface area contributed by atoms with Crippen LogP contribution >= 0.6 is 0 Å². The van der Waals surface area contributed by atoms with Crippen molar-refractivity contribution in [1.82, 2.24) is 15.8 Å². The maximum atomic E-state index is 12.4. The van der Waals surface area contributed by atoms with Gasteiger partial charge < -0.3 is 30.7 Å². The molecule has 0 bridgehead atoms. The number of hydrogen-bond acceptors (Lipinski definition) is 7. The van der Waals surface area contributed by atoms with Crippen molar-refractivity contribution in [3.05, 3.63) is 72.0 Å². The molecule has 9 nitrogen and oxygen atoms in total. The van der Waals surface area contributed by atoms with E-state index in [4.69, 9.17) is 4.52 Å². The number of amides is 2. The quantitative estimate of drug-likeness (QED) is 0.366. The minimum absolute atomic E-state index is 0.0172. The van der Waals surface area contributed by atoms with E-state index < -0.39 is 0 Å². The number of nitrogens with zero attached hydrogens (tertiary/aromatic N) is 2. The lowest BCUT2D eigenvalue weighted by Gasteiger charge is -2.22. The summed E-state index contributed by atoms with van der Waals surface area (Å²) in [6.45, 7) is 3.03. The lowest BCUT2D eigenvalue weighted by atomic mass is 10.1. The van der Waals surface area contributed by atoms with Crippen molar-refractivity contribution in [3.8, 4) is 0 Å². The van der Waals surface area contributed by atoms with Crippen LogP contribution in [0, 0.1) is 0 Å². The minimum Gasteiger partial charge on any atom is -0.363 e. The second kappa shape index (κ2) is 11.4. The Kier molecular flexibility index (Phi) is 7.58. The van der Waals surface area contributed by atoms with Crippen LogP contribution in [-0.2, 0) is 22.7 Å². The first kappa shape index (κ1) is 24.0. The minimum atomic E-state index is -0.105. The molecule has 2 aliphatic heterocycles. The number of carbonyl (C=O) groups excluding carboxylic acids is 2. The molecule has 2 amide bonds. The second-order valence-electron chi connectivity index (χ2n) is 9.38. The van der Waals surface area contributed by atoms with Gasteiger partial charge in [0.1, 0.15) is 6.26 Å². The van der Waals surface area contributed by atoms with Crippen molar-refractivity contribution in [2.75, 3.05) is 28.6 Å². The lowest BCUT2D eigenvalue weighted by molar-refractivity contribution is -0.118. The molecule has 4 N–H and O–H groups in total. The third kappa shape index (κ3) is 6.10. The molecule has 0 saturated carbocycles. The summed E-state index contributed by atoms with van der Waals surface area (Å²) in [7, 11) is 0. The van der Waals surface area contributed by atoms with E-state index in [0.717, 1.165) is 67.1 Å². The predicted molar refractivity (Wildman–Crippen MR) is 139 cm³/mol. The van der Waals surface area contributed by atoms with Crippen LogP contribution in [0.1, 0.15) is 36.8 Å². The molecule has 2 fully saturated rings. The zero-order valence-corrected chi connectivity index (χ0v) is 20.2. The molecular formula is C27H32N6O3. The van der Waals surface area contributed by atoms with Gasteiger partial charge in [-0.25, -0.2) is 0 Å². The normalized spacial score (nSPS) is 19.2. The van der Waals surface area contributed by atoms with Crippen LogP contribution in [0.4, 0.5) is 17.2 Å². The molecular weight excluding hydrogens is 456 g/mol. The standard InChI is InChI=1S/C27H32N6O3/c34-26(23-3-1-14-28-23)30-21-9-5-19(6-10-21)17-33(25-13-16-36-32-25)18-20-7-11-22(12-8-20)31-27(35)24-4-2-15-29-24/h5-13,16,23-24,28-29H,1-4,14-15,17-18H2,(H,30,34)(H,31,35)/t23-,24-/m0/s1. The molecule has 1 aromatic heterocycles. The first-order chi connectivity index (χ1) is 17.6. The van der Waals surface area contributed by atoms with Gasteiger partial charge in [-0.2, -0.15) is 0 Å². The third-order valence-corrected chi connectivity index (χ3v) is 6.69. The zero-order chi connectivity index (χ0) is 24.7. The SMILES string of the molecule is O=C(Nc1ccc(CN(Cc2ccc(NC(=O)[C@@H]3CCCN3)cc2)c2ccon2)cc1)[C@@H]1CCCN1. The molecule has 0 radical (unpaired) electrons. The molecule has 2 saturated heterocycles. The first-order valence-electron chi connectivity index (χ1n) is 12.6. The van der Waals surface area contributed by atoms with Crippen LogP contribution in [0.15, 0.2) is 65.4 Å². The molecule has 36 heavy (non-hydrogen) atoms. The van der Waals surface area contributed by atoms with E-state index in [1.807, 2.05) is 54.6 Å². The Hall–Kier alpha value is -3.69. The molecule has 0 spiro atoms. The van der Waals surface area contributed by atoms with Gasteiger partial charge in [0, 0.05) is 30.5 Å². The van der Waals surface area contributed by atoms with E-state index >= 15 is 0 Å². The summed E-state index contributed by atoms with van der Waals surface area (Å²) >= 11 is 0. The topological polar surface area (TPSA) is 112 Å². The largest absolute Gasteiger partial charge is 0.363 e. The van der Waals surface area contributed by atoms with E-state index in [1.54, 1.807) is 6.26 Å². The highest BCUT2D eigenvalue weighted by Crippen LogP contribution is 2.21. The summed E-state index contributed by atoms with van der Waals surface area (Å²) in [4.78, 5) is 26.8. The van der Waals surface area contributed by atoms with E-state index in [0.29, 0.717) is 13.1 Å². The van der Waals surface area contributed by atoms with Crippen LogP contribution in [-0.4, -0.2) is 42.1 Å². The van der Waals surface area contributed by atoms with E-state index in [9.17, 15) is 9.59 Å². The lowest BCUT2D eigenvalue weighted by Crippen LogP contribution is -2.35. The van der Waals surface area contributed by atoms with E-state index in [-0.39, 0.29) is 23.9 Å². The fraction of sp³-hybridized carbons (Fsp3) is 0.370. The summed E-state index contributed by atoms with van der Waals surface area (Å²) < 4.78 is 5.10. The van der Waals surface area contributed by atoms with Crippen LogP contribution in [0.2, 0.25) is 0 Å². The monoisotopic (exact) mass is 488 g/mol. The van der Waals surface area contributed by atoms with Gasteiger partial charge in [0.25, 0.3) is 0 Å². The summed E-state index contributed by atoms with van der Waals surface area (Å²) in [5.74, 6) is 0.775. The maximum Gasteiger partial charge on any atom is 0.241 e. The summed E-state index contributed by atoms with van der Waals surface area (Å²) in [5, 5.41) is 16.6. The summed E-state index contributed by atoms with van der Waals surface area (Å²) in [6, 6.07) is 17.4. The highest BCUT2D eigenvalue weighted by atomic mass is 16.5. The van der Waals surface area contributed by atoms with Crippen molar-refractivity contribution < 1.29 is 14.1 Å². The highest BCUT2D eigenvalue weighted by Gasteiger charge is 2.23. The number of rotatable bonds is 9. The van der Waals surface area contributed by atoms with E-state index in [2.05, 4.69) is 31.3 Å². The molecule has 3 heterocycles. The molecule has 2 aliphatic rings. The Morgan fingerprint density at radius 1 is 0.806 bits per heavy atom. The van der Waals surface area contributed by atoms with E-state index in [1.165, 1.54) is 0 Å². The van der Waals surface area contributed by atoms with Crippen molar-refractivity contribution >= 4 is 29.0 Å². The third-order valence-electron chi connectivity index (χ3n) is 6.69. The number of carbonyl (C=O) groups is 2. The molecule has 0 unspecified atom stereocenters. The Morgan fingerprint density at radius 3 is 1.69 bits per heavy atom. The maximum absolute atomic E-state index is 12.4.